The Balaban J connectivity index is 2.00. The molecule has 110 valence electrons. The van der Waals surface area contributed by atoms with Gasteiger partial charge in [0, 0.05) is 18.2 Å². The fourth-order valence-corrected chi connectivity index (χ4v) is 2.53. The standard InChI is InChI=1S/C15H23N3O2/c1-3-20-14-7-6-11(9-13(14)16)15(19)17-12-5-4-8-18(2)10-12/h6-7,9,12H,3-5,8,10,16H2,1-2H3,(H,17,19). The number of carbonyl (C=O) groups excluding carboxylic acids is 1. The summed E-state index contributed by atoms with van der Waals surface area (Å²) in [5, 5.41) is 3.07. The molecule has 1 aliphatic heterocycles. The van der Waals surface area contributed by atoms with Crippen LogP contribution >= 0.6 is 0 Å². The largest absolute Gasteiger partial charge is 0.492 e. The van der Waals surface area contributed by atoms with Gasteiger partial charge in [0.05, 0.1) is 12.3 Å². The third-order valence-electron chi connectivity index (χ3n) is 3.53. The third-order valence-corrected chi connectivity index (χ3v) is 3.53. The minimum Gasteiger partial charge on any atom is -0.492 e. The number of nitrogens with zero attached hydrogens (tertiary/aromatic N) is 1. The van der Waals surface area contributed by atoms with E-state index in [1.807, 2.05) is 6.92 Å². The highest BCUT2D eigenvalue weighted by Gasteiger charge is 2.19. The Hall–Kier alpha value is -1.75. The number of likely N-dealkylation sites (tertiary alicyclic amines) is 1. The Morgan fingerprint density at radius 3 is 3.00 bits per heavy atom. The van der Waals surface area contributed by atoms with E-state index in [0.29, 0.717) is 23.6 Å². The molecule has 1 amide bonds. The number of piperidine rings is 1. The molecule has 1 aromatic rings. The van der Waals surface area contributed by atoms with Crippen molar-refractivity contribution in [3.8, 4) is 5.75 Å². The van der Waals surface area contributed by atoms with Crippen molar-refractivity contribution in [3.63, 3.8) is 0 Å². The number of likely N-dealkylation sites (N-methyl/N-ethyl adjacent to an activating group) is 1. The van der Waals surface area contributed by atoms with Gasteiger partial charge in [0.25, 0.3) is 5.91 Å². The van der Waals surface area contributed by atoms with Crippen LogP contribution in [0.2, 0.25) is 0 Å². The van der Waals surface area contributed by atoms with Crippen LogP contribution in [-0.4, -0.2) is 43.6 Å². The molecule has 1 aliphatic rings. The summed E-state index contributed by atoms with van der Waals surface area (Å²) in [6, 6.07) is 5.39. The van der Waals surface area contributed by atoms with Crippen molar-refractivity contribution < 1.29 is 9.53 Å². The topological polar surface area (TPSA) is 67.6 Å². The Kier molecular flexibility index (Phi) is 4.84. The molecule has 0 spiro atoms. The van der Waals surface area contributed by atoms with Crippen LogP contribution in [0.4, 0.5) is 5.69 Å². The fourth-order valence-electron chi connectivity index (χ4n) is 2.53. The molecule has 20 heavy (non-hydrogen) atoms. The highest BCUT2D eigenvalue weighted by Crippen LogP contribution is 2.22. The number of ether oxygens (including phenoxy) is 1. The SMILES string of the molecule is CCOc1ccc(C(=O)NC2CCCN(C)C2)cc1N. The van der Waals surface area contributed by atoms with Gasteiger partial charge in [-0.2, -0.15) is 0 Å². The van der Waals surface area contributed by atoms with Gasteiger partial charge in [-0.05, 0) is 51.6 Å². The number of hydrogen-bond acceptors (Lipinski definition) is 4. The maximum Gasteiger partial charge on any atom is 0.251 e. The summed E-state index contributed by atoms with van der Waals surface area (Å²) in [7, 11) is 2.08. The molecule has 0 bridgehead atoms. The lowest BCUT2D eigenvalue weighted by Crippen LogP contribution is -2.46. The Morgan fingerprint density at radius 2 is 2.35 bits per heavy atom. The number of nitrogen functional groups attached to an aromatic ring is 1. The molecule has 1 fully saturated rings. The van der Waals surface area contributed by atoms with Crippen molar-refractivity contribution in [3.05, 3.63) is 23.8 Å². The smallest absolute Gasteiger partial charge is 0.251 e. The van der Waals surface area contributed by atoms with E-state index in [0.717, 1.165) is 25.9 Å². The number of nitrogens with one attached hydrogen (secondary N) is 1. The number of anilines is 1. The van der Waals surface area contributed by atoms with Crippen molar-refractivity contribution >= 4 is 11.6 Å². The lowest BCUT2D eigenvalue weighted by Gasteiger charge is -2.30. The molecular formula is C15H23N3O2. The monoisotopic (exact) mass is 277 g/mol. The summed E-state index contributed by atoms with van der Waals surface area (Å²) >= 11 is 0. The summed E-state index contributed by atoms with van der Waals surface area (Å²) in [5.74, 6) is 0.557. The highest BCUT2D eigenvalue weighted by atomic mass is 16.5. The minimum absolute atomic E-state index is 0.0694. The maximum atomic E-state index is 12.2. The van der Waals surface area contributed by atoms with E-state index in [1.165, 1.54) is 0 Å². The summed E-state index contributed by atoms with van der Waals surface area (Å²) in [5.41, 5.74) is 6.97. The normalized spacial score (nSPS) is 19.6. The molecule has 5 nitrogen and oxygen atoms in total. The van der Waals surface area contributed by atoms with Crippen LogP contribution in [0.1, 0.15) is 30.1 Å². The Morgan fingerprint density at radius 1 is 1.55 bits per heavy atom. The lowest BCUT2D eigenvalue weighted by atomic mass is 10.1. The van der Waals surface area contributed by atoms with Crippen LogP contribution in [0.15, 0.2) is 18.2 Å². The van der Waals surface area contributed by atoms with Gasteiger partial charge in [0.15, 0.2) is 0 Å². The zero-order valence-electron chi connectivity index (χ0n) is 12.2. The van der Waals surface area contributed by atoms with Crippen LogP contribution < -0.4 is 15.8 Å². The molecule has 0 aromatic heterocycles. The third kappa shape index (κ3) is 3.63. The van der Waals surface area contributed by atoms with E-state index < -0.39 is 0 Å². The van der Waals surface area contributed by atoms with Crippen LogP contribution in [0, 0.1) is 0 Å². The number of carbonyl (C=O) groups is 1. The van der Waals surface area contributed by atoms with Crippen molar-refractivity contribution in [2.24, 2.45) is 0 Å². The molecule has 0 aliphatic carbocycles. The second-order valence-corrected chi connectivity index (χ2v) is 5.26. The van der Waals surface area contributed by atoms with Crippen LogP contribution in [0.3, 0.4) is 0 Å². The molecule has 1 heterocycles. The number of nitrogens with two attached hydrogens (primary N) is 1. The summed E-state index contributed by atoms with van der Waals surface area (Å²) < 4.78 is 5.37. The highest BCUT2D eigenvalue weighted by molar-refractivity contribution is 5.95. The van der Waals surface area contributed by atoms with E-state index in [-0.39, 0.29) is 11.9 Å². The molecule has 3 N–H and O–H groups in total. The van der Waals surface area contributed by atoms with Crippen LogP contribution in [0.25, 0.3) is 0 Å². The first-order valence-electron chi connectivity index (χ1n) is 7.12. The first-order valence-corrected chi connectivity index (χ1v) is 7.12. The number of amides is 1. The van der Waals surface area contributed by atoms with E-state index >= 15 is 0 Å². The van der Waals surface area contributed by atoms with Crippen LogP contribution in [0.5, 0.6) is 5.75 Å². The quantitative estimate of drug-likeness (QED) is 0.818. The molecule has 1 aromatic carbocycles. The van der Waals surface area contributed by atoms with Gasteiger partial charge >= 0.3 is 0 Å². The predicted octanol–water partition coefficient (Wildman–Crippen LogP) is 1.49. The second kappa shape index (κ2) is 6.61. The summed E-state index contributed by atoms with van der Waals surface area (Å²) in [6.07, 6.45) is 2.15. The van der Waals surface area contributed by atoms with Gasteiger partial charge < -0.3 is 20.7 Å². The van der Waals surface area contributed by atoms with E-state index in [9.17, 15) is 4.79 Å². The van der Waals surface area contributed by atoms with Crippen molar-refractivity contribution in [1.29, 1.82) is 0 Å². The average Bonchev–Trinajstić information content (AvgIpc) is 2.41. The van der Waals surface area contributed by atoms with Crippen LogP contribution in [-0.2, 0) is 0 Å². The molecule has 1 atom stereocenters. The van der Waals surface area contributed by atoms with Crippen molar-refractivity contribution in [2.75, 3.05) is 32.5 Å². The molecular weight excluding hydrogens is 254 g/mol. The predicted molar refractivity (Wildman–Crippen MR) is 80.0 cm³/mol. The van der Waals surface area contributed by atoms with E-state index in [1.54, 1.807) is 18.2 Å². The van der Waals surface area contributed by atoms with E-state index in [2.05, 4.69) is 17.3 Å². The minimum atomic E-state index is -0.0694. The molecule has 1 unspecified atom stereocenters. The summed E-state index contributed by atoms with van der Waals surface area (Å²) in [4.78, 5) is 14.5. The average molecular weight is 277 g/mol. The number of rotatable bonds is 4. The maximum absolute atomic E-state index is 12.2. The van der Waals surface area contributed by atoms with Gasteiger partial charge in [-0.25, -0.2) is 0 Å². The van der Waals surface area contributed by atoms with Crippen molar-refractivity contribution in [2.45, 2.75) is 25.8 Å². The molecule has 0 saturated carbocycles. The second-order valence-electron chi connectivity index (χ2n) is 5.26. The summed E-state index contributed by atoms with van der Waals surface area (Å²) in [6.45, 7) is 4.46. The number of benzene rings is 1. The van der Waals surface area contributed by atoms with Gasteiger partial charge in [-0.15, -0.1) is 0 Å². The first-order chi connectivity index (χ1) is 9.60. The van der Waals surface area contributed by atoms with Crippen molar-refractivity contribution in [1.82, 2.24) is 10.2 Å². The Bertz CT molecular complexity index is 476. The van der Waals surface area contributed by atoms with Gasteiger partial charge in [0.2, 0.25) is 0 Å². The fraction of sp³-hybridized carbons (Fsp3) is 0.533. The first kappa shape index (κ1) is 14.7. The molecule has 5 heteroatoms. The van der Waals surface area contributed by atoms with Gasteiger partial charge in [-0.3, -0.25) is 4.79 Å². The molecule has 2 rings (SSSR count). The molecule has 1 saturated heterocycles. The number of hydrogen-bond donors (Lipinski definition) is 2. The van der Waals surface area contributed by atoms with Gasteiger partial charge in [-0.1, -0.05) is 0 Å². The molecule has 0 radical (unpaired) electrons. The van der Waals surface area contributed by atoms with Gasteiger partial charge in [0.1, 0.15) is 5.75 Å². The zero-order valence-corrected chi connectivity index (χ0v) is 12.2. The lowest BCUT2D eigenvalue weighted by molar-refractivity contribution is 0.0912. The Labute approximate surface area is 120 Å². The zero-order chi connectivity index (χ0) is 14.5. The van der Waals surface area contributed by atoms with E-state index in [4.69, 9.17) is 10.5 Å².